The maximum absolute atomic E-state index is 13.3. The van der Waals surface area contributed by atoms with Gasteiger partial charge in [-0.05, 0) is 68.2 Å². The summed E-state index contributed by atoms with van der Waals surface area (Å²) in [5.41, 5.74) is 1.19. The molecule has 35 heavy (non-hydrogen) atoms. The second kappa shape index (κ2) is 10.00. The number of carbonyl (C=O) groups is 2. The smallest absolute Gasteiger partial charge is 0.295 e. The monoisotopic (exact) mass is 478 g/mol. The number of likely N-dealkylation sites (tertiary alicyclic amines) is 2. The van der Waals surface area contributed by atoms with E-state index in [1.807, 2.05) is 31.2 Å². The van der Waals surface area contributed by atoms with Crippen molar-refractivity contribution in [2.24, 2.45) is 0 Å². The van der Waals surface area contributed by atoms with E-state index in [0.717, 1.165) is 37.9 Å². The molecule has 0 aliphatic carbocycles. The molecule has 0 saturated carbocycles. The van der Waals surface area contributed by atoms with Crippen molar-refractivity contribution in [2.75, 3.05) is 39.6 Å². The summed E-state index contributed by atoms with van der Waals surface area (Å²) in [7, 11) is 0. The molecule has 8 nitrogen and oxygen atoms in total. The first-order valence-corrected chi connectivity index (χ1v) is 12.2. The fraction of sp³-hybridized carbons (Fsp3) is 0.407. The van der Waals surface area contributed by atoms with Gasteiger partial charge in [0.15, 0.2) is 11.5 Å². The summed E-state index contributed by atoms with van der Waals surface area (Å²) >= 11 is 0. The molecule has 2 saturated heterocycles. The van der Waals surface area contributed by atoms with Gasteiger partial charge in [0.2, 0.25) is 6.79 Å². The van der Waals surface area contributed by atoms with E-state index in [1.165, 1.54) is 0 Å². The first-order valence-electron chi connectivity index (χ1n) is 12.2. The third-order valence-corrected chi connectivity index (χ3v) is 6.69. The number of ketones is 1. The Kier molecular flexibility index (Phi) is 6.63. The Morgan fingerprint density at radius 2 is 1.86 bits per heavy atom. The molecule has 8 heteroatoms. The number of benzene rings is 2. The van der Waals surface area contributed by atoms with E-state index in [1.54, 1.807) is 23.1 Å². The minimum Gasteiger partial charge on any atom is -0.507 e. The lowest BCUT2D eigenvalue weighted by Gasteiger charge is -2.27. The fourth-order valence-electron chi connectivity index (χ4n) is 4.91. The molecular weight excluding hydrogens is 448 g/mol. The second-order valence-electron chi connectivity index (χ2n) is 9.03. The molecule has 1 unspecified atom stereocenters. The summed E-state index contributed by atoms with van der Waals surface area (Å²) in [6.07, 6.45) is 3.15. The highest BCUT2D eigenvalue weighted by Crippen LogP contribution is 2.42. The SMILES string of the molecule is CCCOc1cccc(C2/C(=C(\O)c3ccc4c(c3)OCO4)C(=O)C(=O)N2CCN2CCCC2)c1. The van der Waals surface area contributed by atoms with Crippen LogP contribution in [-0.2, 0) is 9.59 Å². The average Bonchev–Trinajstić information content (AvgIpc) is 3.62. The molecule has 5 rings (SSSR count). The first-order chi connectivity index (χ1) is 17.1. The van der Waals surface area contributed by atoms with Gasteiger partial charge in [-0.15, -0.1) is 0 Å². The summed E-state index contributed by atoms with van der Waals surface area (Å²) in [4.78, 5) is 30.4. The highest BCUT2D eigenvalue weighted by Gasteiger charge is 2.46. The number of carbonyl (C=O) groups excluding carboxylic acids is 2. The van der Waals surface area contributed by atoms with Crippen molar-refractivity contribution in [2.45, 2.75) is 32.2 Å². The van der Waals surface area contributed by atoms with E-state index in [0.29, 0.717) is 42.5 Å². The molecule has 0 spiro atoms. The molecule has 0 aromatic heterocycles. The number of rotatable bonds is 8. The Morgan fingerprint density at radius 3 is 2.66 bits per heavy atom. The molecule has 1 amide bonds. The number of nitrogens with zero attached hydrogens (tertiary/aromatic N) is 2. The van der Waals surface area contributed by atoms with E-state index in [2.05, 4.69) is 4.90 Å². The van der Waals surface area contributed by atoms with E-state index >= 15 is 0 Å². The van der Waals surface area contributed by atoms with Crippen LogP contribution in [0.25, 0.3) is 5.76 Å². The van der Waals surface area contributed by atoms with Crippen LogP contribution in [0.4, 0.5) is 0 Å². The zero-order valence-electron chi connectivity index (χ0n) is 19.9. The molecule has 3 aliphatic rings. The molecule has 0 bridgehead atoms. The van der Waals surface area contributed by atoms with Crippen LogP contribution in [0.1, 0.15) is 43.4 Å². The number of Topliss-reactive ketones (excluding diaryl/α,β-unsaturated/α-hetero) is 1. The van der Waals surface area contributed by atoms with Crippen LogP contribution in [0, 0.1) is 0 Å². The predicted molar refractivity (Wildman–Crippen MR) is 129 cm³/mol. The van der Waals surface area contributed by atoms with Crippen LogP contribution in [0.3, 0.4) is 0 Å². The van der Waals surface area contributed by atoms with Crippen molar-refractivity contribution in [3.8, 4) is 17.2 Å². The third-order valence-electron chi connectivity index (χ3n) is 6.69. The Morgan fingerprint density at radius 1 is 1.06 bits per heavy atom. The summed E-state index contributed by atoms with van der Waals surface area (Å²) in [6.45, 7) is 5.76. The lowest BCUT2D eigenvalue weighted by Crippen LogP contribution is -2.37. The Labute approximate surface area is 204 Å². The lowest BCUT2D eigenvalue weighted by atomic mass is 9.95. The van der Waals surface area contributed by atoms with Gasteiger partial charge in [0.1, 0.15) is 11.5 Å². The molecule has 1 N–H and O–H groups in total. The Hall–Kier alpha value is -3.52. The van der Waals surface area contributed by atoms with Crippen LogP contribution in [0.2, 0.25) is 0 Å². The number of amides is 1. The predicted octanol–water partition coefficient (Wildman–Crippen LogP) is 3.72. The van der Waals surface area contributed by atoms with Crippen LogP contribution in [0.5, 0.6) is 17.2 Å². The highest BCUT2D eigenvalue weighted by molar-refractivity contribution is 6.46. The van der Waals surface area contributed by atoms with Crippen LogP contribution >= 0.6 is 0 Å². The summed E-state index contributed by atoms with van der Waals surface area (Å²) in [5.74, 6) is 0.212. The van der Waals surface area contributed by atoms with Gasteiger partial charge in [-0.3, -0.25) is 9.59 Å². The average molecular weight is 479 g/mol. The van der Waals surface area contributed by atoms with Gasteiger partial charge in [0.25, 0.3) is 11.7 Å². The van der Waals surface area contributed by atoms with Crippen molar-refractivity contribution in [3.63, 3.8) is 0 Å². The number of fused-ring (bicyclic) bond motifs is 1. The first kappa shape index (κ1) is 23.2. The highest BCUT2D eigenvalue weighted by atomic mass is 16.7. The minimum atomic E-state index is -0.715. The van der Waals surface area contributed by atoms with E-state index in [4.69, 9.17) is 14.2 Å². The molecule has 3 heterocycles. The maximum atomic E-state index is 13.3. The number of aliphatic hydroxyl groups is 1. The van der Waals surface area contributed by atoms with Crippen LogP contribution < -0.4 is 14.2 Å². The molecule has 2 fully saturated rings. The van der Waals surface area contributed by atoms with Gasteiger partial charge >= 0.3 is 0 Å². The maximum Gasteiger partial charge on any atom is 0.295 e. The molecule has 1 atom stereocenters. The van der Waals surface area contributed by atoms with Crippen molar-refractivity contribution in [1.82, 2.24) is 9.80 Å². The molecule has 3 aliphatic heterocycles. The van der Waals surface area contributed by atoms with Crippen molar-refractivity contribution in [3.05, 3.63) is 59.2 Å². The molecule has 184 valence electrons. The fourth-order valence-corrected chi connectivity index (χ4v) is 4.91. The molecule has 0 radical (unpaired) electrons. The van der Waals surface area contributed by atoms with Crippen molar-refractivity contribution in [1.29, 1.82) is 0 Å². The largest absolute Gasteiger partial charge is 0.507 e. The van der Waals surface area contributed by atoms with Crippen LogP contribution in [0.15, 0.2) is 48.0 Å². The summed E-state index contributed by atoms with van der Waals surface area (Å²) in [6, 6.07) is 11.7. The van der Waals surface area contributed by atoms with Gasteiger partial charge in [0.05, 0.1) is 18.2 Å². The second-order valence-corrected chi connectivity index (χ2v) is 9.03. The number of hydrogen-bond donors (Lipinski definition) is 1. The zero-order chi connectivity index (χ0) is 24.4. The van der Waals surface area contributed by atoms with Gasteiger partial charge in [-0.1, -0.05) is 19.1 Å². The topological polar surface area (TPSA) is 88.5 Å². The Balaban J connectivity index is 1.55. The zero-order valence-corrected chi connectivity index (χ0v) is 19.9. The molecule has 2 aromatic rings. The van der Waals surface area contributed by atoms with Crippen molar-refractivity contribution >= 4 is 17.4 Å². The van der Waals surface area contributed by atoms with Gasteiger partial charge in [-0.2, -0.15) is 0 Å². The normalized spacial score (nSPS) is 21.2. The van der Waals surface area contributed by atoms with Gasteiger partial charge in [-0.25, -0.2) is 0 Å². The standard InChI is InChI=1S/C27H30N2O6/c1-2-14-33-20-7-5-6-18(15-20)24-23(25(30)19-8-9-21-22(16-19)35-17-34-21)26(31)27(32)29(24)13-12-28-10-3-4-11-28/h5-9,15-16,24,30H,2-4,10-14,17H2,1H3/b25-23+. The molecule has 2 aromatic carbocycles. The Bertz CT molecular complexity index is 1150. The van der Waals surface area contributed by atoms with Gasteiger partial charge in [0, 0.05) is 18.7 Å². The quantitative estimate of drug-likeness (QED) is 0.351. The minimum absolute atomic E-state index is 0.0722. The van der Waals surface area contributed by atoms with E-state index < -0.39 is 17.7 Å². The molecular formula is C27H30N2O6. The summed E-state index contributed by atoms with van der Waals surface area (Å²) < 4.78 is 16.6. The number of hydrogen-bond acceptors (Lipinski definition) is 7. The van der Waals surface area contributed by atoms with Crippen molar-refractivity contribution < 1.29 is 28.9 Å². The van der Waals surface area contributed by atoms with E-state index in [-0.39, 0.29) is 18.1 Å². The lowest BCUT2D eigenvalue weighted by molar-refractivity contribution is -0.140. The number of aliphatic hydroxyl groups excluding tert-OH is 1. The van der Waals surface area contributed by atoms with Crippen LogP contribution in [-0.4, -0.2) is 66.2 Å². The van der Waals surface area contributed by atoms with Gasteiger partial charge < -0.3 is 29.1 Å². The number of ether oxygens (including phenoxy) is 3. The van der Waals surface area contributed by atoms with E-state index in [9.17, 15) is 14.7 Å². The third kappa shape index (κ3) is 4.58. The summed E-state index contributed by atoms with van der Waals surface area (Å²) in [5, 5.41) is 11.3.